The maximum absolute atomic E-state index is 13.3. The Labute approximate surface area is 216 Å². The zero-order chi connectivity index (χ0) is 26.1. The van der Waals surface area contributed by atoms with Gasteiger partial charge < -0.3 is 10.1 Å². The number of carbonyl (C=O) groups is 2. The number of anilines is 1. The van der Waals surface area contributed by atoms with Crippen molar-refractivity contribution in [2.75, 3.05) is 17.6 Å². The first-order chi connectivity index (χ1) is 17.2. The minimum atomic E-state index is -4.37. The number of thioether (sulfide) groups is 1. The van der Waals surface area contributed by atoms with Crippen molar-refractivity contribution in [1.29, 1.82) is 0 Å². The lowest BCUT2D eigenvalue weighted by molar-refractivity contribution is -0.150. The van der Waals surface area contributed by atoms with Gasteiger partial charge in [-0.2, -0.15) is 8.42 Å². The van der Waals surface area contributed by atoms with Crippen molar-refractivity contribution in [3.8, 4) is 0 Å². The van der Waals surface area contributed by atoms with Gasteiger partial charge in [0.1, 0.15) is 5.92 Å². The van der Waals surface area contributed by atoms with E-state index in [1.165, 1.54) is 19.2 Å². The van der Waals surface area contributed by atoms with E-state index in [1.807, 2.05) is 35.1 Å². The third kappa shape index (κ3) is 8.35. The lowest BCUT2D eigenvalue weighted by atomic mass is 9.97. The summed E-state index contributed by atoms with van der Waals surface area (Å²) < 4.78 is 38.0. The van der Waals surface area contributed by atoms with Gasteiger partial charge in [0.15, 0.2) is 0 Å². The monoisotopic (exact) mass is 533 g/mol. The normalized spacial score (nSPS) is 17.1. The maximum Gasteiger partial charge on any atom is 0.357 e. The Bertz CT molecular complexity index is 1170. The van der Waals surface area contributed by atoms with Crippen LogP contribution in [0.2, 0.25) is 0 Å². The molecule has 1 unspecified atom stereocenters. The van der Waals surface area contributed by atoms with Crippen LogP contribution in [0.1, 0.15) is 30.9 Å². The van der Waals surface area contributed by atoms with E-state index in [9.17, 15) is 18.0 Å². The molecule has 9 nitrogen and oxygen atoms in total. The molecule has 0 bridgehead atoms. The highest BCUT2D eigenvalue weighted by Crippen LogP contribution is 2.25. The van der Waals surface area contributed by atoms with E-state index in [0.29, 0.717) is 6.42 Å². The van der Waals surface area contributed by atoms with Crippen molar-refractivity contribution in [2.24, 2.45) is 10.9 Å². The van der Waals surface area contributed by atoms with E-state index in [0.717, 1.165) is 34.8 Å². The topological polar surface area (TPSA) is 134 Å². The van der Waals surface area contributed by atoms with Crippen molar-refractivity contribution in [1.82, 2.24) is 5.32 Å². The first-order valence-corrected chi connectivity index (χ1v) is 14.1. The Kier molecular flexibility index (Phi) is 9.91. The van der Waals surface area contributed by atoms with Crippen molar-refractivity contribution in [3.63, 3.8) is 0 Å². The molecule has 0 saturated heterocycles. The summed E-state index contributed by atoms with van der Waals surface area (Å²) in [6.45, 7) is 2.10. The molecule has 0 spiro atoms. The van der Waals surface area contributed by atoms with Gasteiger partial charge in [-0.25, -0.2) is 0 Å². The fourth-order valence-electron chi connectivity index (χ4n) is 3.95. The van der Waals surface area contributed by atoms with Crippen LogP contribution in [0, 0.1) is 5.92 Å². The van der Waals surface area contributed by atoms with E-state index in [1.54, 1.807) is 23.9 Å². The molecule has 3 atom stereocenters. The Morgan fingerprint density at radius 2 is 1.78 bits per heavy atom. The quantitative estimate of drug-likeness (QED) is 0.217. The molecule has 1 aliphatic heterocycles. The first kappa shape index (κ1) is 27.7. The number of aliphatic imine (C=N–C) groups is 1. The van der Waals surface area contributed by atoms with Crippen molar-refractivity contribution >= 4 is 44.7 Å². The van der Waals surface area contributed by atoms with Gasteiger partial charge in [-0.15, -0.1) is 11.8 Å². The van der Waals surface area contributed by atoms with Gasteiger partial charge in [-0.3, -0.25) is 23.9 Å². The highest BCUT2D eigenvalue weighted by atomic mass is 32.2. The minimum Gasteiger partial charge on any atom is -0.468 e. The van der Waals surface area contributed by atoms with Crippen LogP contribution in [0.5, 0.6) is 0 Å². The van der Waals surface area contributed by atoms with Gasteiger partial charge in [0.05, 0.1) is 29.9 Å². The lowest BCUT2D eigenvalue weighted by Gasteiger charge is -2.22. The largest absolute Gasteiger partial charge is 0.468 e. The Hall–Kier alpha value is -2.89. The zero-order valence-electron chi connectivity index (χ0n) is 20.2. The second-order valence-corrected chi connectivity index (χ2v) is 10.7. The number of methoxy groups -OCH3 is 1. The number of benzene rings is 2. The number of nitrogens with zero attached hydrogens (tertiary/aromatic N) is 1. The number of hydrogen-bond donors (Lipinski definition) is 3. The highest BCUT2D eigenvalue weighted by Gasteiger charge is 2.32. The van der Waals surface area contributed by atoms with Gasteiger partial charge in [-0.1, -0.05) is 55.8 Å². The molecule has 3 N–H and O–H groups in total. The third-order valence-corrected chi connectivity index (χ3v) is 7.43. The third-order valence-electron chi connectivity index (χ3n) is 5.70. The molecule has 36 heavy (non-hydrogen) atoms. The number of ether oxygens (including phenoxy) is 1. The average Bonchev–Trinajstić information content (AvgIpc) is 3.31. The molecule has 0 radical (unpaired) electrons. The second-order valence-electron chi connectivity index (χ2n) is 8.53. The van der Waals surface area contributed by atoms with Crippen molar-refractivity contribution < 1.29 is 27.3 Å². The second kappa shape index (κ2) is 12.9. The summed E-state index contributed by atoms with van der Waals surface area (Å²) >= 11 is 1.60. The van der Waals surface area contributed by atoms with Crippen LogP contribution < -0.4 is 10.0 Å². The van der Waals surface area contributed by atoms with Gasteiger partial charge >= 0.3 is 16.3 Å². The van der Waals surface area contributed by atoms with E-state index < -0.39 is 34.1 Å². The fourth-order valence-corrected chi connectivity index (χ4v) is 5.55. The summed E-state index contributed by atoms with van der Waals surface area (Å²) in [5.41, 5.74) is 1.88. The van der Waals surface area contributed by atoms with Gasteiger partial charge in [0.25, 0.3) is 0 Å². The van der Waals surface area contributed by atoms with Crippen LogP contribution in [-0.2, 0) is 37.5 Å². The molecule has 3 rings (SSSR count). The van der Waals surface area contributed by atoms with Gasteiger partial charge in [0, 0.05) is 5.75 Å². The Morgan fingerprint density at radius 1 is 1.11 bits per heavy atom. The summed E-state index contributed by atoms with van der Waals surface area (Å²) in [5, 5.41) is 3.81. The molecular weight excluding hydrogens is 502 g/mol. The smallest absolute Gasteiger partial charge is 0.357 e. The maximum atomic E-state index is 13.3. The number of hydrogen-bond acceptors (Lipinski definition) is 7. The van der Waals surface area contributed by atoms with Crippen molar-refractivity contribution in [2.45, 2.75) is 44.7 Å². The molecule has 2 aromatic rings. The summed E-state index contributed by atoms with van der Waals surface area (Å²) in [6, 6.07) is 15.5. The number of esters is 1. The van der Waals surface area contributed by atoms with E-state index in [-0.39, 0.29) is 18.2 Å². The molecular formula is C25H31N3O6S2. The number of rotatable bonds is 12. The standard InChI is InChI=1S/C25H31N3O6S2/c1-3-7-20-16-35-24(26-20)22(15-18-10-12-19(13-11-18)28-36(31,32)33)27-23(29)21(25(30)34-2)14-17-8-5-4-6-9-17/h4-6,8-13,20-22,28H,3,7,14-16H2,1-2H3,(H,27,29)(H,31,32,33)/t20?,21-,22-/m0/s1. The van der Waals surface area contributed by atoms with Crippen LogP contribution in [0.25, 0.3) is 0 Å². The van der Waals surface area contributed by atoms with Crippen molar-refractivity contribution in [3.05, 3.63) is 65.7 Å². The molecule has 0 saturated carbocycles. The summed E-state index contributed by atoms with van der Waals surface area (Å²) in [7, 11) is -3.11. The Balaban J connectivity index is 1.81. The van der Waals surface area contributed by atoms with E-state index >= 15 is 0 Å². The molecule has 0 aromatic heterocycles. The Morgan fingerprint density at radius 3 is 2.39 bits per heavy atom. The fraction of sp³-hybridized carbons (Fsp3) is 0.400. The minimum absolute atomic E-state index is 0.177. The molecule has 11 heteroatoms. The highest BCUT2D eigenvalue weighted by molar-refractivity contribution is 8.14. The summed E-state index contributed by atoms with van der Waals surface area (Å²) in [5.74, 6) is -1.24. The average molecular weight is 534 g/mol. The van der Waals surface area contributed by atoms with Crippen LogP contribution >= 0.6 is 11.8 Å². The SMILES string of the molecule is CCCC1CSC([C@H](Cc2ccc(NS(=O)(=O)O)cc2)NC(=O)[C@H](Cc2ccccc2)C(=O)OC)=N1. The zero-order valence-corrected chi connectivity index (χ0v) is 21.8. The summed E-state index contributed by atoms with van der Waals surface area (Å²) in [4.78, 5) is 30.7. The van der Waals surface area contributed by atoms with Gasteiger partial charge in [0.2, 0.25) is 5.91 Å². The van der Waals surface area contributed by atoms with Crippen LogP contribution in [0.15, 0.2) is 59.6 Å². The number of carbonyl (C=O) groups excluding carboxylic acids is 2. The number of amides is 1. The van der Waals surface area contributed by atoms with Crippen LogP contribution in [-0.4, -0.2) is 54.8 Å². The predicted octanol–water partition coefficient (Wildman–Crippen LogP) is 3.27. The molecule has 0 aliphatic carbocycles. The molecule has 1 amide bonds. The molecule has 1 aliphatic rings. The number of nitrogens with one attached hydrogen (secondary N) is 2. The van der Waals surface area contributed by atoms with E-state index in [2.05, 4.69) is 12.2 Å². The predicted molar refractivity (Wildman–Crippen MR) is 141 cm³/mol. The van der Waals surface area contributed by atoms with Crippen LogP contribution in [0.4, 0.5) is 5.69 Å². The molecule has 194 valence electrons. The molecule has 1 heterocycles. The van der Waals surface area contributed by atoms with E-state index in [4.69, 9.17) is 14.3 Å². The molecule has 2 aromatic carbocycles. The lowest BCUT2D eigenvalue weighted by Crippen LogP contribution is -2.46. The van der Waals surface area contributed by atoms with Crippen LogP contribution in [0.3, 0.4) is 0 Å². The summed E-state index contributed by atoms with van der Waals surface area (Å²) in [6.07, 6.45) is 2.55. The van der Waals surface area contributed by atoms with Gasteiger partial charge in [-0.05, 0) is 42.5 Å². The molecule has 0 fully saturated rings. The first-order valence-electron chi connectivity index (χ1n) is 11.6.